The van der Waals surface area contributed by atoms with Crippen LogP contribution in [0.3, 0.4) is 0 Å². The summed E-state index contributed by atoms with van der Waals surface area (Å²) in [6, 6.07) is 0. The van der Waals surface area contributed by atoms with Crippen LogP contribution in [0.5, 0.6) is 0 Å². The van der Waals surface area contributed by atoms with Gasteiger partial charge in [-0.2, -0.15) is 11.8 Å². The van der Waals surface area contributed by atoms with Gasteiger partial charge in [0.05, 0.1) is 12.2 Å². The quantitative estimate of drug-likeness (QED) is 0.645. The third-order valence-electron chi connectivity index (χ3n) is 5.14. The van der Waals surface area contributed by atoms with Crippen molar-refractivity contribution in [3.8, 4) is 0 Å². The third kappa shape index (κ3) is 5.03. The number of carbonyl (C=O) groups is 2. The Morgan fingerprint density at radius 3 is 2.69 bits per heavy atom. The second kappa shape index (κ2) is 9.79. The van der Waals surface area contributed by atoms with Gasteiger partial charge >= 0.3 is 5.97 Å². The van der Waals surface area contributed by atoms with Crippen molar-refractivity contribution in [1.82, 2.24) is 0 Å². The summed E-state index contributed by atoms with van der Waals surface area (Å²) in [5.41, 5.74) is 1.71. The Morgan fingerprint density at radius 1 is 1.15 bits per heavy atom. The van der Waals surface area contributed by atoms with E-state index in [1.807, 2.05) is 18.7 Å². The highest BCUT2D eigenvalue weighted by molar-refractivity contribution is 7.99. The fourth-order valence-electron chi connectivity index (χ4n) is 3.81. The average Bonchev–Trinajstić information content (AvgIpc) is 3.00. The molecular weight excluding hydrogens is 366 g/mol. The lowest BCUT2D eigenvalue weighted by molar-refractivity contribution is -0.115. The number of hydrogen-bond acceptors (Lipinski definition) is 5. The maximum atomic E-state index is 12.4. The first-order chi connectivity index (χ1) is 12.7. The van der Waals surface area contributed by atoms with Crippen molar-refractivity contribution in [2.45, 2.75) is 76.4 Å². The molecule has 26 heavy (non-hydrogen) atoms. The number of nitrogens with one attached hydrogen (secondary N) is 1. The van der Waals surface area contributed by atoms with Gasteiger partial charge in [0.25, 0.3) is 0 Å². The van der Waals surface area contributed by atoms with E-state index in [-0.39, 0.29) is 11.9 Å². The zero-order chi connectivity index (χ0) is 18.4. The number of ether oxygens (including phenoxy) is 1. The Kier molecular flexibility index (Phi) is 7.43. The van der Waals surface area contributed by atoms with E-state index in [1.54, 1.807) is 11.3 Å². The molecule has 0 unspecified atom stereocenters. The van der Waals surface area contributed by atoms with Gasteiger partial charge in [0.15, 0.2) is 0 Å². The molecule has 0 atom stereocenters. The van der Waals surface area contributed by atoms with Crippen LogP contribution in [-0.4, -0.2) is 29.5 Å². The third-order valence-corrected chi connectivity index (χ3v) is 7.73. The maximum absolute atomic E-state index is 12.4. The van der Waals surface area contributed by atoms with E-state index in [0.29, 0.717) is 23.6 Å². The van der Waals surface area contributed by atoms with Crippen LogP contribution in [0.25, 0.3) is 0 Å². The molecule has 3 rings (SSSR count). The summed E-state index contributed by atoms with van der Waals surface area (Å²) in [5.74, 6) is 0.576. The molecule has 6 heteroatoms. The fraction of sp³-hybridized carbons (Fsp3) is 0.700. The van der Waals surface area contributed by atoms with Crippen molar-refractivity contribution in [1.29, 1.82) is 0 Å². The standard InChI is InChI=1S/C20H29NO3S2/c1-2-24-20(23)18-15-10-6-7-11-16(15)26-19(18)21-17(22)12-13-25-14-8-4-3-5-9-14/h14H,2-13H2,1H3,(H,21,22). The van der Waals surface area contributed by atoms with Gasteiger partial charge in [0.2, 0.25) is 5.91 Å². The smallest absolute Gasteiger partial charge is 0.341 e. The van der Waals surface area contributed by atoms with Crippen LogP contribution in [0.4, 0.5) is 5.00 Å². The molecule has 0 spiro atoms. The van der Waals surface area contributed by atoms with E-state index in [1.165, 1.54) is 37.0 Å². The van der Waals surface area contributed by atoms with Gasteiger partial charge in [-0.25, -0.2) is 4.79 Å². The predicted molar refractivity (Wildman–Crippen MR) is 109 cm³/mol. The Balaban J connectivity index is 1.59. The molecule has 1 heterocycles. The summed E-state index contributed by atoms with van der Waals surface area (Å²) in [5, 5.41) is 4.43. The van der Waals surface area contributed by atoms with Gasteiger partial charge in [-0.3, -0.25) is 4.79 Å². The largest absolute Gasteiger partial charge is 0.462 e. The lowest BCUT2D eigenvalue weighted by Gasteiger charge is -2.20. The maximum Gasteiger partial charge on any atom is 0.341 e. The summed E-state index contributed by atoms with van der Waals surface area (Å²) in [7, 11) is 0. The van der Waals surface area contributed by atoms with Gasteiger partial charge in [0.1, 0.15) is 5.00 Å². The van der Waals surface area contributed by atoms with Gasteiger partial charge in [-0.05, 0) is 51.0 Å². The topological polar surface area (TPSA) is 55.4 Å². The molecule has 1 N–H and O–H groups in total. The van der Waals surface area contributed by atoms with Gasteiger partial charge in [0, 0.05) is 22.3 Å². The SMILES string of the molecule is CCOC(=O)c1c(NC(=O)CCSC2CCCCC2)sc2c1CCCC2. The monoisotopic (exact) mass is 395 g/mol. The lowest BCUT2D eigenvalue weighted by atomic mass is 9.95. The Bertz CT molecular complexity index is 635. The van der Waals surface area contributed by atoms with Crippen LogP contribution in [0.1, 0.15) is 79.1 Å². The number of thiophene rings is 1. The van der Waals surface area contributed by atoms with E-state index in [2.05, 4.69) is 5.32 Å². The molecule has 1 fully saturated rings. The minimum Gasteiger partial charge on any atom is -0.462 e. The summed E-state index contributed by atoms with van der Waals surface area (Å²) in [6.45, 7) is 2.17. The number of esters is 1. The molecule has 2 aliphatic carbocycles. The van der Waals surface area contributed by atoms with Crippen LogP contribution in [0.2, 0.25) is 0 Å². The molecule has 0 aliphatic heterocycles. The molecule has 1 saturated carbocycles. The highest BCUT2D eigenvalue weighted by atomic mass is 32.2. The molecular formula is C20H29NO3S2. The van der Waals surface area contributed by atoms with Crippen molar-refractivity contribution in [3.05, 3.63) is 16.0 Å². The number of aryl methyl sites for hydroxylation is 1. The van der Waals surface area contributed by atoms with E-state index >= 15 is 0 Å². The van der Waals surface area contributed by atoms with E-state index < -0.39 is 0 Å². The highest BCUT2D eigenvalue weighted by Gasteiger charge is 2.27. The number of rotatable bonds is 7. The van der Waals surface area contributed by atoms with Gasteiger partial charge < -0.3 is 10.1 Å². The molecule has 1 aromatic rings. The zero-order valence-electron chi connectivity index (χ0n) is 15.6. The predicted octanol–water partition coefficient (Wildman–Crippen LogP) is 5.20. The van der Waals surface area contributed by atoms with E-state index in [9.17, 15) is 9.59 Å². The first-order valence-corrected chi connectivity index (χ1v) is 11.8. The minimum absolute atomic E-state index is 0.0115. The second-order valence-corrected chi connectivity index (χ2v) is 9.58. The second-order valence-electron chi connectivity index (χ2n) is 7.06. The van der Waals surface area contributed by atoms with Crippen LogP contribution >= 0.6 is 23.1 Å². The van der Waals surface area contributed by atoms with Crippen LogP contribution in [-0.2, 0) is 22.4 Å². The number of carbonyl (C=O) groups excluding carboxylic acids is 2. The first-order valence-electron chi connectivity index (χ1n) is 9.92. The molecule has 0 radical (unpaired) electrons. The van der Waals surface area contributed by atoms with Gasteiger partial charge in [-0.15, -0.1) is 11.3 Å². The number of thioether (sulfide) groups is 1. The van der Waals surface area contributed by atoms with Crippen molar-refractivity contribution in [2.75, 3.05) is 17.7 Å². The number of anilines is 1. The van der Waals surface area contributed by atoms with Gasteiger partial charge in [-0.1, -0.05) is 19.3 Å². The van der Waals surface area contributed by atoms with Crippen LogP contribution in [0.15, 0.2) is 0 Å². The molecule has 1 amide bonds. The summed E-state index contributed by atoms with van der Waals surface area (Å²) >= 11 is 3.50. The van der Waals surface area contributed by atoms with Crippen molar-refractivity contribution in [3.63, 3.8) is 0 Å². The Labute approximate surface area is 164 Å². The van der Waals surface area contributed by atoms with Crippen LogP contribution in [0, 0.1) is 0 Å². The molecule has 1 aromatic heterocycles. The molecule has 0 saturated heterocycles. The Hall–Kier alpha value is -1.01. The summed E-state index contributed by atoms with van der Waals surface area (Å²) in [4.78, 5) is 26.1. The molecule has 4 nitrogen and oxygen atoms in total. The van der Waals surface area contributed by atoms with Crippen molar-refractivity contribution in [2.24, 2.45) is 0 Å². The summed E-state index contributed by atoms with van der Waals surface area (Å²) in [6.07, 6.45) is 11.3. The fourth-order valence-corrected chi connectivity index (χ4v) is 6.41. The Morgan fingerprint density at radius 2 is 1.92 bits per heavy atom. The van der Waals surface area contributed by atoms with Crippen LogP contribution < -0.4 is 5.32 Å². The number of amides is 1. The zero-order valence-corrected chi connectivity index (χ0v) is 17.2. The van der Waals surface area contributed by atoms with E-state index in [0.717, 1.165) is 42.2 Å². The van der Waals surface area contributed by atoms with Crippen molar-refractivity contribution < 1.29 is 14.3 Å². The van der Waals surface area contributed by atoms with Crippen molar-refractivity contribution >= 4 is 40.0 Å². The minimum atomic E-state index is -0.293. The lowest BCUT2D eigenvalue weighted by Crippen LogP contribution is -2.17. The molecule has 144 valence electrons. The molecule has 0 aromatic carbocycles. The number of hydrogen-bond donors (Lipinski definition) is 1. The highest BCUT2D eigenvalue weighted by Crippen LogP contribution is 2.38. The first kappa shape index (κ1) is 19.7. The normalized spacial score (nSPS) is 17.6. The summed E-state index contributed by atoms with van der Waals surface area (Å²) < 4.78 is 5.25. The number of fused-ring (bicyclic) bond motifs is 1. The average molecular weight is 396 g/mol. The van der Waals surface area contributed by atoms with E-state index in [4.69, 9.17) is 4.74 Å². The molecule has 0 bridgehead atoms. The molecule has 2 aliphatic rings.